The molecule has 0 aliphatic carbocycles. The lowest BCUT2D eigenvalue weighted by Gasteiger charge is -2.24. The minimum atomic E-state index is -4.41. The number of nitrogens with one attached hydrogen (secondary N) is 1. The Hall–Kier alpha value is -4.41. The van der Waals surface area contributed by atoms with Crippen LogP contribution in [0.5, 0.6) is 11.5 Å². The molecule has 4 aromatic rings. The molecule has 0 fully saturated rings. The lowest BCUT2D eigenvalue weighted by atomic mass is 10.0. The van der Waals surface area contributed by atoms with E-state index in [9.17, 15) is 13.2 Å². The Morgan fingerprint density at radius 3 is 2.63 bits per heavy atom. The van der Waals surface area contributed by atoms with Gasteiger partial charge in [0.15, 0.2) is 11.5 Å². The smallest absolute Gasteiger partial charge is 0.416 e. The third-order valence-electron chi connectivity index (χ3n) is 5.50. The molecule has 0 amide bonds. The van der Waals surface area contributed by atoms with Crippen LogP contribution in [-0.2, 0) is 12.8 Å². The first-order chi connectivity index (χ1) is 16.9. The molecule has 1 N–H and O–H groups in total. The van der Waals surface area contributed by atoms with Crippen molar-refractivity contribution in [3.8, 4) is 11.5 Å². The number of allylic oxidation sites excluding steroid dienone is 1. The topological polar surface area (TPSA) is 87.0 Å². The summed E-state index contributed by atoms with van der Waals surface area (Å²) in [7, 11) is 1.50. The molecule has 2 aromatic carbocycles. The van der Waals surface area contributed by atoms with Crippen LogP contribution in [0.1, 0.15) is 28.3 Å². The number of benzene rings is 2. The summed E-state index contributed by atoms with van der Waals surface area (Å²) in [6.07, 6.45) is 0.965. The summed E-state index contributed by atoms with van der Waals surface area (Å²) in [5.41, 5.74) is 2.25. The number of hydrogen-bond acceptors (Lipinski definition) is 7. The minimum Gasteiger partial charge on any atom is -0.493 e. The van der Waals surface area contributed by atoms with Crippen molar-refractivity contribution >= 4 is 11.6 Å². The average molecular weight is 480 g/mol. The fourth-order valence-corrected chi connectivity index (χ4v) is 3.78. The largest absolute Gasteiger partial charge is 0.493 e. The number of anilines is 1. The van der Waals surface area contributed by atoms with E-state index in [-0.39, 0.29) is 12.6 Å². The summed E-state index contributed by atoms with van der Waals surface area (Å²) in [6, 6.07) is 13.8. The summed E-state index contributed by atoms with van der Waals surface area (Å²) in [6.45, 7) is -0.0454. The normalized spacial score (nSPS) is 15.1. The number of pyridine rings is 1. The summed E-state index contributed by atoms with van der Waals surface area (Å²) in [4.78, 5) is 4.05. The van der Waals surface area contributed by atoms with Crippen LogP contribution in [-0.4, -0.2) is 32.3 Å². The fraction of sp³-hybridized carbons (Fsp3) is 0.167. The molecule has 0 spiro atoms. The van der Waals surface area contributed by atoms with Gasteiger partial charge >= 0.3 is 6.18 Å². The van der Waals surface area contributed by atoms with Crippen LogP contribution < -0.4 is 14.8 Å². The van der Waals surface area contributed by atoms with Crippen LogP contribution in [0.25, 0.3) is 5.70 Å². The lowest BCUT2D eigenvalue weighted by Crippen LogP contribution is -2.20. The minimum absolute atomic E-state index is 0.0454. The van der Waals surface area contributed by atoms with Gasteiger partial charge in [-0.2, -0.15) is 17.9 Å². The van der Waals surface area contributed by atoms with Crippen LogP contribution in [0.3, 0.4) is 0 Å². The third-order valence-corrected chi connectivity index (χ3v) is 5.50. The van der Waals surface area contributed by atoms with E-state index in [4.69, 9.17) is 9.47 Å². The number of fused-ring (bicyclic) bond motifs is 1. The molecule has 3 heterocycles. The van der Waals surface area contributed by atoms with Crippen LogP contribution >= 0.6 is 0 Å². The Morgan fingerprint density at radius 1 is 1.03 bits per heavy atom. The second-order valence-corrected chi connectivity index (χ2v) is 7.73. The van der Waals surface area contributed by atoms with E-state index >= 15 is 0 Å². The number of rotatable bonds is 6. The zero-order valence-corrected chi connectivity index (χ0v) is 18.4. The molecule has 0 bridgehead atoms. The lowest BCUT2D eigenvalue weighted by molar-refractivity contribution is -0.137. The van der Waals surface area contributed by atoms with Gasteiger partial charge in [0.05, 0.1) is 12.7 Å². The standard InChI is InChI=1S/C24H19F3N6O2/c1-34-22-12-17(5-6-21(22)35-14-15-3-2-4-18(11-15)24(25,26)27)20-13-19(16-7-9-28-10-8-16)29-23-30-31-32-33(20)23/h2-13,20H,14H2,1H3,(H,29,30,32)/t20-/m0/s1. The SMILES string of the molecule is COc1cc([C@@H]2C=C(c3ccncc3)Nc3nnnn32)ccc1OCc1cccc(C(F)(F)F)c1. The van der Waals surface area contributed by atoms with E-state index in [0.717, 1.165) is 29.0 Å². The van der Waals surface area contributed by atoms with Crippen LogP contribution in [0.4, 0.5) is 19.1 Å². The van der Waals surface area contributed by atoms with Gasteiger partial charge in [-0.15, -0.1) is 0 Å². The fourth-order valence-electron chi connectivity index (χ4n) is 3.78. The predicted molar refractivity (Wildman–Crippen MR) is 121 cm³/mol. The van der Waals surface area contributed by atoms with Gasteiger partial charge in [-0.1, -0.05) is 23.3 Å². The van der Waals surface area contributed by atoms with E-state index in [1.54, 1.807) is 35.3 Å². The van der Waals surface area contributed by atoms with E-state index in [0.29, 0.717) is 23.0 Å². The molecule has 1 atom stereocenters. The van der Waals surface area contributed by atoms with Gasteiger partial charge in [-0.25, -0.2) is 0 Å². The Bertz CT molecular complexity index is 1370. The van der Waals surface area contributed by atoms with Gasteiger partial charge in [0, 0.05) is 23.7 Å². The van der Waals surface area contributed by atoms with Gasteiger partial charge < -0.3 is 14.8 Å². The van der Waals surface area contributed by atoms with Gasteiger partial charge in [0.1, 0.15) is 12.6 Å². The quantitative estimate of drug-likeness (QED) is 0.427. The van der Waals surface area contributed by atoms with Crippen molar-refractivity contribution in [3.05, 3.63) is 95.3 Å². The van der Waals surface area contributed by atoms with Gasteiger partial charge in [-0.3, -0.25) is 4.98 Å². The molecule has 8 nitrogen and oxygen atoms in total. The van der Waals surface area contributed by atoms with E-state index in [1.807, 2.05) is 24.3 Å². The highest BCUT2D eigenvalue weighted by atomic mass is 19.4. The highest BCUT2D eigenvalue weighted by Crippen LogP contribution is 2.36. The molecular formula is C24H19F3N6O2. The van der Waals surface area contributed by atoms with E-state index in [2.05, 4.69) is 25.8 Å². The summed E-state index contributed by atoms with van der Waals surface area (Å²) in [5, 5.41) is 15.1. The number of ether oxygens (including phenoxy) is 2. The molecule has 11 heteroatoms. The first-order valence-electron chi connectivity index (χ1n) is 10.6. The second-order valence-electron chi connectivity index (χ2n) is 7.73. The van der Waals surface area contributed by atoms with Crippen molar-refractivity contribution in [2.24, 2.45) is 0 Å². The van der Waals surface area contributed by atoms with Crippen molar-refractivity contribution in [2.45, 2.75) is 18.8 Å². The molecule has 1 aliphatic heterocycles. The monoisotopic (exact) mass is 480 g/mol. The third kappa shape index (κ3) is 4.65. The number of halogens is 3. The van der Waals surface area contributed by atoms with Gasteiger partial charge in [-0.05, 0) is 64.0 Å². The molecule has 0 radical (unpaired) electrons. The molecule has 1 aliphatic rings. The summed E-state index contributed by atoms with van der Waals surface area (Å²) >= 11 is 0. The van der Waals surface area contributed by atoms with Gasteiger partial charge in [0.25, 0.3) is 0 Å². The maximum absolute atomic E-state index is 13.0. The number of tetrazole rings is 1. The molecule has 0 unspecified atom stereocenters. The Kier molecular flexibility index (Phi) is 5.81. The number of methoxy groups -OCH3 is 1. The van der Waals surface area contributed by atoms with Crippen LogP contribution in [0, 0.1) is 0 Å². The molecular weight excluding hydrogens is 461 g/mol. The molecule has 35 heavy (non-hydrogen) atoms. The molecule has 0 saturated carbocycles. The highest BCUT2D eigenvalue weighted by molar-refractivity contribution is 5.76. The Morgan fingerprint density at radius 2 is 1.86 bits per heavy atom. The molecule has 5 rings (SSSR count). The average Bonchev–Trinajstić information content (AvgIpc) is 3.36. The number of nitrogens with zero attached hydrogens (tertiary/aromatic N) is 5. The summed E-state index contributed by atoms with van der Waals surface area (Å²) in [5.74, 6) is 1.31. The van der Waals surface area contributed by atoms with Crippen molar-refractivity contribution in [1.82, 2.24) is 25.2 Å². The number of hydrogen-bond donors (Lipinski definition) is 1. The Balaban J connectivity index is 1.42. The number of aromatic nitrogens is 5. The van der Waals surface area contributed by atoms with E-state index in [1.165, 1.54) is 13.2 Å². The van der Waals surface area contributed by atoms with E-state index < -0.39 is 11.7 Å². The first-order valence-corrected chi connectivity index (χ1v) is 10.6. The van der Waals surface area contributed by atoms with Crippen LogP contribution in [0.2, 0.25) is 0 Å². The van der Waals surface area contributed by atoms with Crippen molar-refractivity contribution in [3.63, 3.8) is 0 Å². The zero-order valence-electron chi connectivity index (χ0n) is 18.4. The highest BCUT2D eigenvalue weighted by Gasteiger charge is 2.30. The van der Waals surface area contributed by atoms with Crippen molar-refractivity contribution in [2.75, 3.05) is 12.4 Å². The maximum Gasteiger partial charge on any atom is 0.416 e. The first kappa shape index (κ1) is 22.4. The van der Waals surface area contributed by atoms with Crippen molar-refractivity contribution < 1.29 is 22.6 Å². The van der Waals surface area contributed by atoms with Crippen LogP contribution in [0.15, 0.2) is 73.1 Å². The second kappa shape index (κ2) is 9.09. The molecule has 0 saturated heterocycles. The maximum atomic E-state index is 13.0. The number of alkyl halides is 3. The summed E-state index contributed by atoms with van der Waals surface area (Å²) < 4.78 is 52.0. The zero-order chi connectivity index (χ0) is 24.4. The molecule has 178 valence electrons. The molecule has 2 aromatic heterocycles. The Labute approximate surface area is 198 Å². The van der Waals surface area contributed by atoms with Crippen molar-refractivity contribution in [1.29, 1.82) is 0 Å². The predicted octanol–water partition coefficient (Wildman–Crippen LogP) is 4.73. The van der Waals surface area contributed by atoms with Gasteiger partial charge in [0.2, 0.25) is 5.95 Å².